The number of thiophene rings is 1. The quantitative estimate of drug-likeness (QED) is 0.333. The Morgan fingerprint density at radius 1 is 0.781 bits per heavy atom. The van der Waals surface area contributed by atoms with Gasteiger partial charge >= 0.3 is 0 Å². The molecule has 0 aliphatic carbocycles. The van der Waals surface area contributed by atoms with Gasteiger partial charge in [0.1, 0.15) is 4.88 Å². The number of benzene rings is 3. The van der Waals surface area contributed by atoms with Crippen molar-refractivity contribution in [2.24, 2.45) is 0 Å². The lowest BCUT2D eigenvalue weighted by Crippen LogP contribution is -2.14. The second-order valence-electron chi connectivity index (χ2n) is 8.55. The number of carbonyl (C=O) groups is 2. The summed E-state index contributed by atoms with van der Waals surface area (Å²) in [5.41, 5.74) is 3.07. The predicted molar refractivity (Wildman–Crippen MR) is 134 cm³/mol. The Kier molecular flexibility index (Phi) is 6.04. The van der Waals surface area contributed by atoms with Gasteiger partial charge in [0.05, 0.1) is 5.02 Å². The molecule has 0 radical (unpaired) electrons. The largest absolute Gasteiger partial charge is 0.322 e. The number of hydrogen-bond donors (Lipinski definition) is 2. The third kappa shape index (κ3) is 4.69. The van der Waals surface area contributed by atoms with Gasteiger partial charge in [0, 0.05) is 27.0 Å². The van der Waals surface area contributed by atoms with Crippen LogP contribution in [0.3, 0.4) is 0 Å². The number of anilines is 2. The Bertz CT molecular complexity index is 1290. The van der Waals surface area contributed by atoms with Gasteiger partial charge in [0.25, 0.3) is 11.8 Å². The molecule has 1 heterocycles. The van der Waals surface area contributed by atoms with Crippen molar-refractivity contribution in [2.45, 2.75) is 26.2 Å². The van der Waals surface area contributed by atoms with E-state index in [0.717, 1.165) is 10.1 Å². The third-order valence-corrected chi connectivity index (χ3v) is 6.83. The summed E-state index contributed by atoms with van der Waals surface area (Å²) in [4.78, 5) is 25.7. The van der Waals surface area contributed by atoms with Gasteiger partial charge < -0.3 is 10.6 Å². The highest BCUT2D eigenvalue weighted by Gasteiger charge is 2.17. The third-order valence-electron chi connectivity index (χ3n) is 5.15. The number of fused-ring (bicyclic) bond motifs is 1. The van der Waals surface area contributed by atoms with Gasteiger partial charge in [-0.2, -0.15) is 0 Å². The molecule has 0 saturated carbocycles. The average Bonchev–Trinajstić information content (AvgIpc) is 3.11. The Labute approximate surface area is 196 Å². The Balaban J connectivity index is 1.42. The van der Waals surface area contributed by atoms with E-state index in [2.05, 4.69) is 31.4 Å². The molecular weight excluding hydrogens is 440 g/mol. The van der Waals surface area contributed by atoms with E-state index in [1.54, 1.807) is 24.3 Å². The zero-order chi connectivity index (χ0) is 22.9. The lowest BCUT2D eigenvalue weighted by Gasteiger charge is -2.19. The van der Waals surface area contributed by atoms with Crippen molar-refractivity contribution in [2.75, 3.05) is 10.6 Å². The molecule has 162 valence electrons. The van der Waals surface area contributed by atoms with Crippen LogP contribution in [0.25, 0.3) is 10.1 Å². The van der Waals surface area contributed by atoms with Crippen molar-refractivity contribution in [3.8, 4) is 0 Å². The number of carbonyl (C=O) groups excluding carboxylic acids is 2. The minimum atomic E-state index is -0.257. The average molecular weight is 463 g/mol. The molecule has 0 unspecified atom stereocenters. The number of rotatable bonds is 4. The van der Waals surface area contributed by atoms with Crippen molar-refractivity contribution in [3.05, 3.63) is 93.8 Å². The molecular formula is C26H23ClN2O2S. The smallest absolute Gasteiger partial charge is 0.267 e. The Hall–Kier alpha value is -3.15. The van der Waals surface area contributed by atoms with E-state index in [1.807, 2.05) is 48.5 Å². The molecule has 32 heavy (non-hydrogen) atoms. The zero-order valence-electron chi connectivity index (χ0n) is 18.0. The highest BCUT2D eigenvalue weighted by molar-refractivity contribution is 7.21. The molecule has 2 N–H and O–H groups in total. The first-order chi connectivity index (χ1) is 15.2. The van der Waals surface area contributed by atoms with Crippen LogP contribution in [0, 0.1) is 0 Å². The fourth-order valence-corrected chi connectivity index (χ4v) is 4.72. The summed E-state index contributed by atoms with van der Waals surface area (Å²) < 4.78 is 0.969. The maximum atomic E-state index is 12.7. The van der Waals surface area contributed by atoms with Crippen LogP contribution < -0.4 is 10.6 Å². The Morgan fingerprint density at radius 3 is 1.91 bits per heavy atom. The molecule has 0 spiro atoms. The number of nitrogens with one attached hydrogen (secondary N) is 2. The van der Waals surface area contributed by atoms with Crippen molar-refractivity contribution in [1.29, 1.82) is 0 Å². The van der Waals surface area contributed by atoms with E-state index < -0.39 is 0 Å². The van der Waals surface area contributed by atoms with Crippen LogP contribution in [0.5, 0.6) is 0 Å². The van der Waals surface area contributed by atoms with Crippen LogP contribution in [-0.2, 0) is 5.41 Å². The molecule has 1 aromatic heterocycles. The van der Waals surface area contributed by atoms with Crippen LogP contribution in [0.1, 0.15) is 46.4 Å². The molecule has 4 nitrogen and oxygen atoms in total. The molecule has 0 aliphatic rings. The van der Waals surface area contributed by atoms with Crippen LogP contribution in [0.15, 0.2) is 72.8 Å². The highest BCUT2D eigenvalue weighted by atomic mass is 35.5. The molecule has 4 rings (SSSR count). The molecule has 0 fully saturated rings. The lowest BCUT2D eigenvalue weighted by molar-refractivity contribution is 0.102. The van der Waals surface area contributed by atoms with Gasteiger partial charge in [0.2, 0.25) is 0 Å². The van der Waals surface area contributed by atoms with E-state index in [-0.39, 0.29) is 17.2 Å². The first-order valence-corrected chi connectivity index (χ1v) is 11.4. The summed E-state index contributed by atoms with van der Waals surface area (Å²) in [6.07, 6.45) is 0. The van der Waals surface area contributed by atoms with Crippen molar-refractivity contribution < 1.29 is 9.59 Å². The normalized spacial score (nSPS) is 11.4. The molecule has 0 atom stereocenters. The van der Waals surface area contributed by atoms with Gasteiger partial charge in [-0.15, -0.1) is 11.3 Å². The fraction of sp³-hybridized carbons (Fsp3) is 0.154. The summed E-state index contributed by atoms with van der Waals surface area (Å²) in [6.45, 7) is 6.41. The molecule has 3 aromatic carbocycles. The van der Waals surface area contributed by atoms with Crippen LogP contribution in [0.4, 0.5) is 11.4 Å². The van der Waals surface area contributed by atoms with Crippen LogP contribution in [0.2, 0.25) is 5.02 Å². The SMILES string of the molecule is CC(C)(C)c1ccc(C(=O)Nc2ccc(NC(=O)c3sc4ccccc4c3Cl)cc2)cc1. The summed E-state index contributed by atoms with van der Waals surface area (Å²) >= 11 is 7.76. The fourth-order valence-electron chi connectivity index (χ4n) is 3.31. The number of hydrogen-bond acceptors (Lipinski definition) is 3. The molecule has 0 bridgehead atoms. The molecule has 4 aromatic rings. The number of halogens is 1. The minimum Gasteiger partial charge on any atom is -0.322 e. The standard InChI is InChI=1S/C26H23ClN2O2S/c1-26(2,3)17-10-8-16(9-11-17)24(30)28-18-12-14-19(15-13-18)29-25(31)23-22(27)20-6-4-5-7-21(20)32-23/h4-15H,1-3H3,(H,28,30)(H,29,31). The maximum Gasteiger partial charge on any atom is 0.267 e. The van der Waals surface area contributed by atoms with E-state index in [9.17, 15) is 9.59 Å². The van der Waals surface area contributed by atoms with E-state index >= 15 is 0 Å². The van der Waals surface area contributed by atoms with Gasteiger partial charge in [-0.3, -0.25) is 9.59 Å². The maximum absolute atomic E-state index is 12.7. The van der Waals surface area contributed by atoms with E-state index in [1.165, 1.54) is 16.9 Å². The van der Waals surface area contributed by atoms with Crippen molar-refractivity contribution in [1.82, 2.24) is 0 Å². The summed E-state index contributed by atoms with van der Waals surface area (Å²) in [6, 6.07) is 22.3. The van der Waals surface area contributed by atoms with Gasteiger partial charge in [-0.1, -0.05) is 62.7 Å². The van der Waals surface area contributed by atoms with Gasteiger partial charge in [0.15, 0.2) is 0 Å². The first-order valence-electron chi connectivity index (χ1n) is 10.2. The summed E-state index contributed by atoms with van der Waals surface area (Å²) in [5.74, 6) is -0.439. The number of amides is 2. The molecule has 0 aliphatic heterocycles. The molecule has 6 heteroatoms. The minimum absolute atomic E-state index is 0.0370. The monoisotopic (exact) mass is 462 g/mol. The summed E-state index contributed by atoms with van der Waals surface area (Å²) in [5, 5.41) is 7.09. The molecule has 2 amide bonds. The predicted octanol–water partition coefficient (Wildman–Crippen LogP) is 7.36. The highest BCUT2D eigenvalue weighted by Crippen LogP contribution is 2.35. The van der Waals surface area contributed by atoms with Crippen LogP contribution in [-0.4, -0.2) is 11.8 Å². The summed E-state index contributed by atoms with van der Waals surface area (Å²) in [7, 11) is 0. The van der Waals surface area contributed by atoms with Gasteiger partial charge in [-0.25, -0.2) is 0 Å². The second-order valence-corrected chi connectivity index (χ2v) is 9.98. The van der Waals surface area contributed by atoms with Crippen LogP contribution >= 0.6 is 22.9 Å². The lowest BCUT2D eigenvalue weighted by atomic mass is 9.87. The zero-order valence-corrected chi connectivity index (χ0v) is 19.6. The second kappa shape index (κ2) is 8.77. The Morgan fingerprint density at radius 2 is 1.34 bits per heavy atom. The van der Waals surface area contributed by atoms with Gasteiger partial charge in [-0.05, 0) is 53.4 Å². The van der Waals surface area contributed by atoms with Crippen molar-refractivity contribution >= 4 is 56.2 Å². The van der Waals surface area contributed by atoms with E-state index in [0.29, 0.717) is 26.8 Å². The van der Waals surface area contributed by atoms with Crippen molar-refractivity contribution in [3.63, 3.8) is 0 Å². The topological polar surface area (TPSA) is 58.2 Å². The van der Waals surface area contributed by atoms with E-state index in [4.69, 9.17) is 11.6 Å². The molecule has 0 saturated heterocycles. The first kappa shape index (κ1) is 22.1.